The largest absolute Gasteiger partial charge is 0.326 e. The van der Waals surface area contributed by atoms with Gasteiger partial charge in [0.2, 0.25) is 0 Å². The molecule has 0 bridgehead atoms. The molecule has 0 radical (unpaired) electrons. The number of aromatic nitrogens is 3. The van der Waals surface area contributed by atoms with Crippen LogP contribution in [0.15, 0.2) is 30.6 Å². The molecule has 4 nitrogen and oxygen atoms in total. The van der Waals surface area contributed by atoms with Crippen LogP contribution in [-0.2, 0) is 6.54 Å². The molecule has 0 aliphatic heterocycles. The van der Waals surface area contributed by atoms with E-state index in [1.54, 1.807) is 0 Å². The minimum Gasteiger partial charge on any atom is -0.326 e. The van der Waals surface area contributed by atoms with Gasteiger partial charge in [-0.3, -0.25) is 5.10 Å². The van der Waals surface area contributed by atoms with E-state index in [0.717, 1.165) is 17.0 Å². The number of nitrogens with zero attached hydrogens (tertiary/aromatic N) is 2. The summed E-state index contributed by atoms with van der Waals surface area (Å²) in [6, 6.07) is 7.92. The first-order chi connectivity index (χ1) is 6.40. The van der Waals surface area contributed by atoms with Gasteiger partial charge >= 0.3 is 0 Å². The van der Waals surface area contributed by atoms with Gasteiger partial charge in [0.15, 0.2) is 5.82 Å². The van der Waals surface area contributed by atoms with Crippen molar-refractivity contribution in [1.29, 1.82) is 0 Å². The zero-order valence-electron chi connectivity index (χ0n) is 7.07. The molecule has 0 aliphatic carbocycles. The molecule has 1 aromatic heterocycles. The number of nitrogens with two attached hydrogens (primary N) is 1. The quantitative estimate of drug-likeness (QED) is 0.711. The molecule has 0 saturated carbocycles. The second-order valence-corrected chi connectivity index (χ2v) is 2.74. The van der Waals surface area contributed by atoms with Crippen LogP contribution in [0.25, 0.3) is 11.4 Å². The fraction of sp³-hybridized carbons (Fsp3) is 0.111. The third-order valence-electron chi connectivity index (χ3n) is 1.85. The molecule has 66 valence electrons. The van der Waals surface area contributed by atoms with E-state index in [4.69, 9.17) is 5.73 Å². The highest BCUT2D eigenvalue weighted by Gasteiger charge is 1.99. The topological polar surface area (TPSA) is 67.6 Å². The van der Waals surface area contributed by atoms with Crippen LogP contribution >= 0.6 is 0 Å². The summed E-state index contributed by atoms with van der Waals surface area (Å²) in [5.74, 6) is 0.773. The van der Waals surface area contributed by atoms with Gasteiger partial charge in [0, 0.05) is 12.1 Å². The van der Waals surface area contributed by atoms with Gasteiger partial charge in [0.25, 0.3) is 0 Å². The molecule has 13 heavy (non-hydrogen) atoms. The summed E-state index contributed by atoms with van der Waals surface area (Å²) in [5, 5.41) is 6.59. The Hall–Kier alpha value is -1.68. The number of benzene rings is 1. The van der Waals surface area contributed by atoms with E-state index >= 15 is 0 Å². The zero-order valence-corrected chi connectivity index (χ0v) is 7.07. The van der Waals surface area contributed by atoms with Crippen molar-refractivity contribution in [3.63, 3.8) is 0 Å². The highest BCUT2D eigenvalue weighted by molar-refractivity contribution is 5.55. The molecule has 0 amide bonds. The van der Waals surface area contributed by atoms with Crippen LogP contribution in [0.3, 0.4) is 0 Å². The third-order valence-corrected chi connectivity index (χ3v) is 1.85. The first kappa shape index (κ1) is 7.94. The van der Waals surface area contributed by atoms with Gasteiger partial charge in [-0.05, 0) is 11.6 Å². The fourth-order valence-corrected chi connectivity index (χ4v) is 1.19. The highest BCUT2D eigenvalue weighted by atomic mass is 15.2. The lowest BCUT2D eigenvalue weighted by molar-refractivity contribution is 1.07. The fourth-order valence-electron chi connectivity index (χ4n) is 1.19. The average Bonchev–Trinajstić information content (AvgIpc) is 2.71. The third kappa shape index (κ3) is 1.57. The van der Waals surface area contributed by atoms with Gasteiger partial charge in [-0.15, -0.1) is 0 Å². The normalized spacial score (nSPS) is 10.2. The molecule has 1 heterocycles. The number of rotatable bonds is 2. The maximum absolute atomic E-state index is 5.53. The number of hydrogen-bond acceptors (Lipinski definition) is 3. The van der Waals surface area contributed by atoms with E-state index < -0.39 is 0 Å². The molecular weight excluding hydrogens is 164 g/mol. The minimum atomic E-state index is 0.544. The Morgan fingerprint density at radius 1 is 1.38 bits per heavy atom. The molecular formula is C9H10N4. The smallest absolute Gasteiger partial charge is 0.155 e. The Bertz CT molecular complexity index is 380. The van der Waals surface area contributed by atoms with E-state index in [-0.39, 0.29) is 0 Å². The van der Waals surface area contributed by atoms with E-state index in [1.165, 1.54) is 6.33 Å². The highest BCUT2D eigenvalue weighted by Crippen LogP contribution is 2.14. The van der Waals surface area contributed by atoms with Crippen molar-refractivity contribution in [1.82, 2.24) is 15.2 Å². The molecule has 0 spiro atoms. The van der Waals surface area contributed by atoms with Crippen LogP contribution in [0.5, 0.6) is 0 Å². The van der Waals surface area contributed by atoms with Crippen molar-refractivity contribution in [2.75, 3.05) is 0 Å². The Morgan fingerprint density at radius 2 is 2.31 bits per heavy atom. The average molecular weight is 174 g/mol. The lowest BCUT2D eigenvalue weighted by Gasteiger charge is -1.99. The van der Waals surface area contributed by atoms with Crippen LogP contribution in [0, 0.1) is 0 Å². The van der Waals surface area contributed by atoms with Gasteiger partial charge in [-0.25, -0.2) is 4.98 Å². The maximum atomic E-state index is 5.53. The van der Waals surface area contributed by atoms with Crippen molar-refractivity contribution in [2.45, 2.75) is 6.54 Å². The molecule has 0 saturated heterocycles. The van der Waals surface area contributed by atoms with E-state index in [2.05, 4.69) is 15.2 Å². The summed E-state index contributed by atoms with van der Waals surface area (Å²) < 4.78 is 0. The summed E-state index contributed by atoms with van der Waals surface area (Å²) in [7, 11) is 0. The van der Waals surface area contributed by atoms with Crippen molar-refractivity contribution in [3.05, 3.63) is 36.2 Å². The molecule has 0 fully saturated rings. The summed E-state index contributed by atoms with van der Waals surface area (Å²) in [4.78, 5) is 4.05. The van der Waals surface area contributed by atoms with E-state index in [0.29, 0.717) is 6.54 Å². The second-order valence-electron chi connectivity index (χ2n) is 2.74. The molecule has 0 aliphatic rings. The van der Waals surface area contributed by atoms with Crippen LogP contribution < -0.4 is 5.73 Å². The standard InChI is InChI=1S/C9H10N4/c10-5-7-2-1-3-8(4-7)9-11-6-12-13-9/h1-4,6H,5,10H2,(H,11,12,13). The van der Waals surface area contributed by atoms with Crippen LogP contribution in [0.2, 0.25) is 0 Å². The van der Waals surface area contributed by atoms with Gasteiger partial charge in [0.05, 0.1) is 0 Å². The number of H-pyrrole nitrogens is 1. The lowest BCUT2D eigenvalue weighted by Crippen LogP contribution is -1.95. The van der Waals surface area contributed by atoms with E-state index in [9.17, 15) is 0 Å². The maximum Gasteiger partial charge on any atom is 0.155 e. The van der Waals surface area contributed by atoms with Crippen molar-refractivity contribution >= 4 is 0 Å². The Labute approximate surface area is 75.8 Å². The molecule has 4 heteroatoms. The minimum absolute atomic E-state index is 0.544. The molecule has 0 atom stereocenters. The van der Waals surface area contributed by atoms with Gasteiger partial charge in [-0.1, -0.05) is 18.2 Å². The number of nitrogens with one attached hydrogen (secondary N) is 1. The molecule has 2 rings (SSSR count). The first-order valence-corrected chi connectivity index (χ1v) is 4.05. The van der Waals surface area contributed by atoms with Gasteiger partial charge in [-0.2, -0.15) is 5.10 Å². The molecule has 1 aromatic carbocycles. The van der Waals surface area contributed by atoms with Crippen LogP contribution in [-0.4, -0.2) is 15.2 Å². The van der Waals surface area contributed by atoms with Crippen molar-refractivity contribution in [2.24, 2.45) is 5.73 Å². The van der Waals surface area contributed by atoms with Crippen LogP contribution in [0.4, 0.5) is 0 Å². The first-order valence-electron chi connectivity index (χ1n) is 4.05. The van der Waals surface area contributed by atoms with Crippen molar-refractivity contribution in [3.8, 4) is 11.4 Å². The summed E-state index contributed by atoms with van der Waals surface area (Å²) in [5.41, 5.74) is 7.63. The predicted octanol–water partition coefficient (Wildman–Crippen LogP) is 0.930. The number of aromatic amines is 1. The predicted molar refractivity (Wildman–Crippen MR) is 49.7 cm³/mol. The van der Waals surface area contributed by atoms with E-state index in [1.807, 2.05) is 24.3 Å². The summed E-state index contributed by atoms with van der Waals surface area (Å²) in [6.45, 7) is 0.544. The second kappa shape index (κ2) is 3.37. The molecule has 2 aromatic rings. The Morgan fingerprint density at radius 3 is 3.00 bits per heavy atom. The van der Waals surface area contributed by atoms with Crippen LogP contribution in [0.1, 0.15) is 5.56 Å². The molecule has 0 unspecified atom stereocenters. The van der Waals surface area contributed by atoms with Gasteiger partial charge < -0.3 is 5.73 Å². The van der Waals surface area contributed by atoms with Crippen molar-refractivity contribution < 1.29 is 0 Å². The Balaban J connectivity index is 2.41. The monoisotopic (exact) mass is 174 g/mol. The number of hydrogen-bond donors (Lipinski definition) is 2. The SMILES string of the molecule is NCc1cccc(-c2ncn[nH]2)c1. The molecule has 3 N–H and O–H groups in total. The lowest BCUT2D eigenvalue weighted by atomic mass is 10.1. The Kier molecular flexibility index (Phi) is 2.06. The van der Waals surface area contributed by atoms with Gasteiger partial charge in [0.1, 0.15) is 6.33 Å². The summed E-state index contributed by atoms with van der Waals surface area (Å²) in [6.07, 6.45) is 1.49. The zero-order chi connectivity index (χ0) is 9.10. The summed E-state index contributed by atoms with van der Waals surface area (Å²) >= 11 is 0.